The van der Waals surface area contributed by atoms with E-state index in [9.17, 15) is 14.1 Å². The van der Waals surface area contributed by atoms with E-state index in [0.717, 1.165) is 5.56 Å². The summed E-state index contributed by atoms with van der Waals surface area (Å²) in [5.74, 6) is -0.630. The van der Waals surface area contributed by atoms with E-state index in [2.05, 4.69) is 19.2 Å². The van der Waals surface area contributed by atoms with Gasteiger partial charge in [-0.3, -0.25) is 4.79 Å². The maximum atomic E-state index is 12.1. The molecule has 0 spiro atoms. The molecule has 4 nitrogen and oxygen atoms in total. The third kappa shape index (κ3) is 7.49. The van der Waals surface area contributed by atoms with Gasteiger partial charge in [-0.1, -0.05) is 65.6 Å². The van der Waals surface area contributed by atoms with Gasteiger partial charge < -0.3 is 10.4 Å². The molecule has 1 aliphatic heterocycles. The summed E-state index contributed by atoms with van der Waals surface area (Å²) in [5.41, 5.74) is 1.47. The average molecular weight is 424 g/mol. The predicted molar refractivity (Wildman–Crippen MR) is 122 cm³/mol. The van der Waals surface area contributed by atoms with Crippen LogP contribution in [0.1, 0.15) is 63.9 Å². The van der Waals surface area contributed by atoms with E-state index in [1.807, 2.05) is 27.7 Å². The second kappa shape index (κ2) is 14.0. The Labute approximate surface area is 176 Å². The van der Waals surface area contributed by atoms with E-state index >= 15 is 0 Å². The first-order chi connectivity index (χ1) is 13.5. The van der Waals surface area contributed by atoms with E-state index in [-0.39, 0.29) is 11.3 Å². The van der Waals surface area contributed by atoms with Gasteiger partial charge in [-0.2, -0.15) is 0 Å². The molecule has 0 fully saturated rings. The molecule has 1 amide bonds. The molecule has 1 atom stereocenters. The Morgan fingerprint density at radius 3 is 2.29 bits per heavy atom. The van der Waals surface area contributed by atoms with Crippen LogP contribution in [0, 0.1) is 0 Å². The van der Waals surface area contributed by atoms with Gasteiger partial charge in [-0.15, -0.1) is 0 Å². The quantitative estimate of drug-likeness (QED) is 0.554. The lowest BCUT2D eigenvalue weighted by Gasteiger charge is -2.08. The van der Waals surface area contributed by atoms with Crippen molar-refractivity contribution in [2.24, 2.45) is 0 Å². The van der Waals surface area contributed by atoms with Gasteiger partial charge in [0.05, 0.1) is 21.3 Å². The highest BCUT2D eigenvalue weighted by molar-refractivity contribution is 7.88. The van der Waals surface area contributed by atoms with Gasteiger partial charge in [-0.05, 0) is 42.0 Å². The Kier molecular flexibility index (Phi) is 12.9. The minimum absolute atomic E-state index is 0.0854. The molecule has 1 aliphatic rings. The van der Waals surface area contributed by atoms with Crippen LogP contribution in [-0.2, 0) is 10.8 Å². The molecular weight excluding hydrogens is 394 g/mol. The second-order valence-electron chi connectivity index (χ2n) is 5.18. The van der Waals surface area contributed by atoms with Crippen molar-refractivity contribution in [2.75, 3.05) is 5.32 Å². The van der Waals surface area contributed by atoms with Crippen LogP contribution in [0.4, 0.5) is 5.69 Å². The maximum Gasteiger partial charge on any atom is 0.259 e. The summed E-state index contributed by atoms with van der Waals surface area (Å²) >= 11 is 5.82. The van der Waals surface area contributed by atoms with Gasteiger partial charge in [-0.25, -0.2) is 4.21 Å². The number of fused-ring (bicyclic) bond motifs is 1. The number of halogens is 1. The number of aromatic hydroxyl groups is 1. The first-order valence-corrected chi connectivity index (χ1v) is 11.1. The number of hydrogen-bond acceptors (Lipinski definition) is 3. The maximum absolute atomic E-state index is 12.1. The summed E-state index contributed by atoms with van der Waals surface area (Å²) < 4.78 is 11.7. The highest BCUT2D eigenvalue weighted by Gasteiger charge is 2.16. The predicted octanol–water partition coefficient (Wildman–Crippen LogP) is 6.86. The van der Waals surface area contributed by atoms with Gasteiger partial charge in [0.25, 0.3) is 5.91 Å². The van der Waals surface area contributed by atoms with Gasteiger partial charge in [0.1, 0.15) is 5.75 Å². The lowest BCUT2D eigenvalue weighted by molar-refractivity contribution is 0.102. The van der Waals surface area contributed by atoms with Crippen molar-refractivity contribution in [1.29, 1.82) is 0 Å². The molecule has 2 aromatic carbocycles. The highest BCUT2D eigenvalue weighted by Crippen LogP contribution is 2.28. The molecule has 1 heterocycles. The number of phenols is 1. The summed E-state index contributed by atoms with van der Waals surface area (Å²) in [6.45, 7) is 12.2. The third-order valence-corrected chi connectivity index (χ3v) is 4.47. The van der Waals surface area contributed by atoms with Crippen LogP contribution in [-0.4, -0.2) is 15.2 Å². The molecule has 28 heavy (non-hydrogen) atoms. The summed E-state index contributed by atoms with van der Waals surface area (Å²) in [7, 11) is -1.18. The molecule has 154 valence electrons. The van der Waals surface area contributed by atoms with E-state index in [1.54, 1.807) is 29.7 Å². The third-order valence-electron chi connectivity index (χ3n) is 3.06. The summed E-state index contributed by atoms with van der Waals surface area (Å²) in [6, 6.07) is 9.40. The van der Waals surface area contributed by atoms with E-state index in [4.69, 9.17) is 11.6 Å². The monoisotopic (exact) mass is 423 g/mol. The van der Waals surface area contributed by atoms with Crippen LogP contribution in [0.3, 0.4) is 0 Å². The SMILES string of the molecule is CC.CC.CCC.O=C(Nc1ccc2c(c1)S(=O)C=C2)c1cc(Cl)ccc1O. The first kappa shape index (κ1) is 25.9. The zero-order chi connectivity index (χ0) is 21.7. The van der Waals surface area contributed by atoms with Gasteiger partial charge in [0.15, 0.2) is 0 Å². The van der Waals surface area contributed by atoms with Crippen molar-refractivity contribution in [2.45, 2.75) is 52.9 Å². The second-order valence-corrected chi connectivity index (χ2v) is 6.92. The molecule has 2 N–H and O–H groups in total. The fourth-order valence-corrected chi connectivity index (χ4v) is 3.22. The molecule has 0 saturated heterocycles. The zero-order valence-electron chi connectivity index (χ0n) is 17.4. The number of carbonyl (C=O) groups excluding carboxylic acids is 1. The van der Waals surface area contributed by atoms with Gasteiger partial charge >= 0.3 is 0 Å². The summed E-state index contributed by atoms with van der Waals surface area (Å²) in [6.07, 6.45) is 3.03. The van der Waals surface area contributed by atoms with Gasteiger partial charge in [0, 0.05) is 16.1 Å². The number of carbonyl (C=O) groups is 1. The average Bonchev–Trinajstić information content (AvgIpc) is 3.08. The number of nitrogens with one attached hydrogen (secondary N) is 1. The molecule has 0 aromatic heterocycles. The van der Waals surface area contributed by atoms with Crippen LogP contribution >= 0.6 is 11.6 Å². The topological polar surface area (TPSA) is 66.4 Å². The molecule has 1 unspecified atom stereocenters. The number of rotatable bonds is 2. The largest absolute Gasteiger partial charge is 0.507 e. The van der Waals surface area contributed by atoms with E-state index in [0.29, 0.717) is 15.6 Å². The Balaban J connectivity index is 0.000000930. The minimum atomic E-state index is -1.18. The van der Waals surface area contributed by atoms with Crippen molar-refractivity contribution in [3.63, 3.8) is 0 Å². The molecule has 3 rings (SSSR count). The van der Waals surface area contributed by atoms with E-state index in [1.165, 1.54) is 24.6 Å². The standard InChI is InChI=1S/C15H10ClNO3S.C3H8.2C2H6/c16-10-2-4-13(18)12(7-10)15(19)17-11-3-1-9-5-6-21(20)14(9)8-11;1-3-2;2*1-2/h1-8,18H,(H,17,19);3H2,1-2H3;2*1-2H3. The molecule has 0 radical (unpaired) electrons. The fraction of sp³-hybridized carbons (Fsp3) is 0.318. The van der Waals surface area contributed by atoms with Crippen LogP contribution in [0.5, 0.6) is 5.75 Å². The van der Waals surface area contributed by atoms with Crippen LogP contribution in [0.2, 0.25) is 5.02 Å². The lowest BCUT2D eigenvalue weighted by Crippen LogP contribution is -2.12. The Bertz CT molecular complexity index is 819. The van der Waals surface area contributed by atoms with Crippen molar-refractivity contribution < 1.29 is 14.1 Å². The molecule has 0 bridgehead atoms. The van der Waals surface area contributed by atoms with Crippen LogP contribution in [0.15, 0.2) is 46.7 Å². The Hall–Kier alpha value is -2.11. The van der Waals surface area contributed by atoms with Crippen molar-refractivity contribution in [3.05, 3.63) is 58.0 Å². The number of amides is 1. The molecule has 6 heteroatoms. The van der Waals surface area contributed by atoms with Crippen molar-refractivity contribution in [3.8, 4) is 5.75 Å². The Morgan fingerprint density at radius 1 is 1.07 bits per heavy atom. The van der Waals surface area contributed by atoms with Crippen LogP contribution < -0.4 is 5.32 Å². The van der Waals surface area contributed by atoms with Crippen molar-refractivity contribution >= 4 is 40.1 Å². The normalized spacial score (nSPS) is 12.9. The highest BCUT2D eigenvalue weighted by atomic mass is 35.5. The van der Waals surface area contributed by atoms with Crippen LogP contribution in [0.25, 0.3) is 6.08 Å². The number of benzene rings is 2. The number of phenolic OH excluding ortho intramolecular Hbond substituents is 1. The zero-order valence-corrected chi connectivity index (χ0v) is 18.9. The number of anilines is 1. The molecular formula is C22H30ClNO3S. The lowest BCUT2D eigenvalue weighted by atomic mass is 10.1. The Morgan fingerprint density at radius 2 is 1.68 bits per heavy atom. The summed E-state index contributed by atoms with van der Waals surface area (Å²) in [5, 5.41) is 14.3. The van der Waals surface area contributed by atoms with Gasteiger partial charge in [0.2, 0.25) is 0 Å². The molecule has 2 aromatic rings. The van der Waals surface area contributed by atoms with Crippen molar-refractivity contribution in [1.82, 2.24) is 0 Å². The number of hydrogen-bond donors (Lipinski definition) is 2. The van der Waals surface area contributed by atoms with E-state index < -0.39 is 16.7 Å². The minimum Gasteiger partial charge on any atom is -0.507 e. The summed E-state index contributed by atoms with van der Waals surface area (Å²) in [4.78, 5) is 12.8. The molecule has 0 aliphatic carbocycles. The smallest absolute Gasteiger partial charge is 0.259 e. The fourth-order valence-electron chi connectivity index (χ4n) is 2.02. The molecule has 0 saturated carbocycles. The first-order valence-electron chi connectivity index (χ1n) is 9.49.